The van der Waals surface area contributed by atoms with Crippen molar-refractivity contribution in [1.29, 1.82) is 0 Å². The molecule has 0 radical (unpaired) electrons. The number of hydrogen-bond acceptors (Lipinski definition) is 1. The van der Waals surface area contributed by atoms with E-state index in [1.54, 1.807) is 11.0 Å². The van der Waals surface area contributed by atoms with E-state index in [0.29, 0.717) is 17.6 Å². The highest BCUT2D eigenvalue weighted by atomic mass is 79.9. The molecule has 0 saturated carbocycles. The third-order valence-corrected chi connectivity index (χ3v) is 3.88. The van der Waals surface area contributed by atoms with Gasteiger partial charge in [-0.05, 0) is 30.7 Å². The lowest BCUT2D eigenvalue weighted by Crippen LogP contribution is -2.27. The average Bonchev–Trinajstić information content (AvgIpc) is 2.70. The van der Waals surface area contributed by atoms with Crippen molar-refractivity contribution in [3.05, 3.63) is 34.1 Å². The first-order valence-corrected chi connectivity index (χ1v) is 6.38. The molecular formula is C12H12BrF4N. The molecule has 1 unspecified atom stereocenters. The zero-order chi connectivity index (χ0) is 13.3. The van der Waals surface area contributed by atoms with Gasteiger partial charge in [-0.2, -0.15) is 13.2 Å². The van der Waals surface area contributed by atoms with Crippen molar-refractivity contribution in [1.82, 2.24) is 4.90 Å². The lowest BCUT2D eigenvalue weighted by Gasteiger charge is -2.18. The van der Waals surface area contributed by atoms with Gasteiger partial charge in [-0.3, -0.25) is 4.90 Å². The summed E-state index contributed by atoms with van der Waals surface area (Å²) in [5.74, 6) is -1.60. The molecule has 1 aromatic carbocycles. The molecule has 1 aliphatic heterocycles. The Labute approximate surface area is 111 Å². The number of rotatable bonds is 2. The summed E-state index contributed by atoms with van der Waals surface area (Å²) in [5.41, 5.74) is 0.805. The van der Waals surface area contributed by atoms with Gasteiger partial charge < -0.3 is 0 Å². The second-order valence-electron chi connectivity index (χ2n) is 4.50. The minimum absolute atomic E-state index is 0.0211. The van der Waals surface area contributed by atoms with Crippen LogP contribution in [0.3, 0.4) is 0 Å². The molecule has 1 aliphatic rings. The highest BCUT2D eigenvalue weighted by molar-refractivity contribution is 9.10. The van der Waals surface area contributed by atoms with Crippen LogP contribution in [0.2, 0.25) is 0 Å². The Morgan fingerprint density at radius 1 is 1.33 bits per heavy atom. The summed E-state index contributed by atoms with van der Waals surface area (Å²) in [5, 5.41) is 0. The number of halogens is 5. The molecule has 0 aliphatic carbocycles. The van der Waals surface area contributed by atoms with Crippen molar-refractivity contribution < 1.29 is 17.6 Å². The van der Waals surface area contributed by atoms with Crippen molar-refractivity contribution in [2.45, 2.75) is 19.1 Å². The maximum absolute atomic E-state index is 12.9. The van der Waals surface area contributed by atoms with Gasteiger partial charge >= 0.3 is 6.18 Å². The van der Waals surface area contributed by atoms with Crippen LogP contribution in [-0.2, 0) is 6.54 Å². The number of benzene rings is 1. The molecule has 2 rings (SSSR count). The fraction of sp³-hybridized carbons (Fsp3) is 0.500. The van der Waals surface area contributed by atoms with Gasteiger partial charge in [-0.25, -0.2) is 4.39 Å². The van der Waals surface area contributed by atoms with Crippen LogP contribution >= 0.6 is 15.9 Å². The Morgan fingerprint density at radius 2 is 2.06 bits per heavy atom. The van der Waals surface area contributed by atoms with Crippen LogP contribution in [0.4, 0.5) is 17.6 Å². The van der Waals surface area contributed by atoms with E-state index < -0.39 is 12.1 Å². The van der Waals surface area contributed by atoms with Crippen LogP contribution < -0.4 is 0 Å². The molecule has 100 valence electrons. The predicted octanol–water partition coefficient (Wildman–Crippen LogP) is 3.97. The third-order valence-electron chi connectivity index (χ3n) is 3.14. The van der Waals surface area contributed by atoms with E-state index in [9.17, 15) is 17.6 Å². The third kappa shape index (κ3) is 3.23. The second kappa shape index (κ2) is 5.17. The summed E-state index contributed by atoms with van der Waals surface area (Å²) >= 11 is 3.22. The van der Waals surface area contributed by atoms with Gasteiger partial charge in [-0.1, -0.05) is 22.0 Å². The van der Waals surface area contributed by atoms with Crippen LogP contribution in [0.25, 0.3) is 0 Å². The number of nitrogens with zero attached hydrogens (tertiary/aromatic N) is 1. The lowest BCUT2D eigenvalue weighted by atomic mass is 10.1. The molecule has 0 spiro atoms. The minimum atomic E-state index is -4.12. The van der Waals surface area contributed by atoms with Crippen molar-refractivity contribution in [2.24, 2.45) is 5.92 Å². The van der Waals surface area contributed by atoms with Crippen LogP contribution in [0.1, 0.15) is 12.0 Å². The molecule has 1 aromatic rings. The van der Waals surface area contributed by atoms with Crippen molar-refractivity contribution in [3.8, 4) is 0 Å². The maximum atomic E-state index is 12.9. The van der Waals surface area contributed by atoms with E-state index in [0.717, 1.165) is 5.56 Å². The Bertz CT molecular complexity index is 433. The molecule has 6 heteroatoms. The second-order valence-corrected chi connectivity index (χ2v) is 5.35. The number of likely N-dealkylation sites (tertiary alicyclic amines) is 1. The quantitative estimate of drug-likeness (QED) is 0.744. The van der Waals surface area contributed by atoms with E-state index in [4.69, 9.17) is 0 Å². The number of hydrogen-bond donors (Lipinski definition) is 0. The van der Waals surface area contributed by atoms with Gasteiger partial charge in [0.05, 0.1) is 5.92 Å². The van der Waals surface area contributed by atoms with Crippen LogP contribution in [0, 0.1) is 11.7 Å². The Kier molecular flexibility index (Phi) is 3.96. The predicted molar refractivity (Wildman–Crippen MR) is 63.5 cm³/mol. The first kappa shape index (κ1) is 13.8. The molecule has 1 heterocycles. The van der Waals surface area contributed by atoms with Crippen LogP contribution in [0.15, 0.2) is 22.7 Å². The van der Waals surface area contributed by atoms with Gasteiger partial charge in [0.15, 0.2) is 0 Å². The standard InChI is InChI=1S/C12H12BrF4N/c13-11-5-10(14)2-1-8(11)6-18-4-3-9(7-18)12(15,16)17/h1-2,5,9H,3-4,6-7H2. The molecular weight excluding hydrogens is 314 g/mol. The van der Waals surface area contributed by atoms with Gasteiger partial charge in [-0.15, -0.1) is 0 Å². The van der Waals surface area contributed by atoms with Gasteiger partial charge in [0.25, 0.3) is 0 Å². The van der Waals surface area contributed by atoms with Crippen molar-refractivity contribution >= 4 is 15.9 Å². The first-order chi connectivity index (χ1) is 8.36. The molecule has 1 fully saturated rings. The van der Waals surface area contributed by atoms with E-state index in [1.165, 1.54) is 12.1 Å². The number of alkyl halides is 3. The summed E-state index contributed by atoms with van der Waals surface area (Å²) in [6.07, 6.45) is -3.98. The average molecular weight is 326 g/mol. The summed E-state index contributed by atoms with van der Waals surface area (Å²) in [4.78, 5) is 1.75. The Balaban J connectivity index is 1.99. The van der Waals surface area contributed by atoms with E-state index in [2.05, 4.69) is 15.9 Å². The largest absolute Gasteiger partial charge is 0.393 e. The van der Waals surface area contributed by atoms with Gasteiger partial charge in [0, 0.05) is 17.6 Å². The zero-order valence-corrected chi connectivity index (χ0v) is 11.1. The topological polar surface area (TPSA) is 3.24 Å². The Hall–Kier alpha value is -0.620. The molecule has 1 nitrogen and oxygen atoms in total. The van der Waals surface area contributed by atoms with E-state index in [1.807, 2.05) is 0 Å². The minimum Gasteiger partial charge on any atom is -0.298 e. The smallest absolute Gasteiger partial charge is 0.298 e. The van der Waals surface area contributed by atoms with E-state index in [-0.39, 0.29) is 18.8 Å². The highest BCUT2D eigenvalue weighted by Gasteiger charge is 2.43. The molecule has 0 aromatic heterocycles. The zero-order valence-electron chi connectivity index (χ0n) is 9.47. The summed E-state index contributed by atoms with van der Waals surface area (Å²) in [6.45, 7) is 0.856. The normalized spacial score (nSPS) is 21.5. The lowest BCUT2D eigenvalue weighted by molar-refractivity contribution is -0.170. The molecule has 18 heavy (non-hydrogen) atoms. The van der Waals surface area contributed by atoms with Crippen LogP contribution in [0.5, 0.6) is 0 Å². The SMILES string of the molecule is Fc1ccc(CN2CCC(C(F)(F)F)C2)c(Br)c1. The summed E-state index contributed by atoms with van der Waals surface area (Å²) in [6, 6.07) is 4.24. The van der Waals surface area contributed by atoms with Crippen LogP contribution in [-0.4, -0.2) is 24.2 Å². The van der Waals surface area contributed by atoms with E-state index >= 15 is 0 Å². The fourth-order valence-electron chi connectivity index (χ4n) is 2.13. The molecule has 1 saturated heterocycles. The fourth-order valence-corrected chi connectivity index (χ4v) is 2.61. The van der Waals surface area contributed by atoms with Gasteiger partial charge in [0.2, 0.25) is 0 Å². The molecule has 0 N–H and O–H groups in total. The molecule has 1 atom stereocenters. The molecule has 0 bridgehead atoms. The Morgan fingerprint density at radius 3 is 2.61 bits per heavy atom. The first-order valence-electron chi connectivity index (χ1n) is 5.59. The van der Waals surface area contributed by atoms with Crippen molar-refractivity contribution in [2.75, 3.05) is 13.1 Å². The van der Waals surface area contributed by atoms with Gasteiger partial charge in [0.1, 0.15) is 5.82 Å². The summed E-state index contributed by atoms with van der Waals surface area (Å²) in [7, 11) is 0. The maximum Gasteiger partial charge on any atom is 0.393 e. The monoisotopic (exact) mass is 325 g/mol. The summed E-state index contributed by atoms with van der Waals surface area (Å²) < 4.78 is 51.0. The van der Waals surface area contributed by atoms with Crippen molar-refractivity contribution in [3.63, 3.8) is 0 Å². The molecule has 0 amide bonds. The highest BCUT2D eigenvalue weighted by Crippen LogP contribution is 2.34.